The number of ether oxygens (including phenoxy) is 2. The quantitative estimate of drug-likeness (QED) is 0.0211. The highest BCUT2D eigenvalue weighted by Gasteiger charge is 2.27. The van der Waals surface area contributed by atoms with Crippen molar-refractivity contribution in [3.05, 3.63) is 146 Å². The molecule has 0 aliphatic rings. The Bertz CT molecular complexity index is 1820. The number of hydrogen-bond acceptors (Lipinski definition) is 7. The monoisotopic (exact) mass is 1100 g/mol. The number of carbonyl (C=O) groups excluding carboxylic acids is 2. The fourth-order valence-electron chi connectivity index (χ4n) is 7.66. The third kappa shape index (κ3) is 61.1. The summed E-state index contributed by atoms with van der Waals surface area (Å²) >= 11 is 0. The lowest BCUT2D eigenvalue weighted by atomic mass is 10.1. The van der Waals surface area contributed by atoms with Crippen molar-refractivity contribution in [3.8, 4) is 0 Å². The minimum Gasteiger partial charge on any atom is -0.462 e. The highest BCUT2D eigenvalue weighted by atomic mass is 31.2. The van der Waals surface area contributed by atoms with E-state index in [-0.39, 0.29) is 32.0 Å². The Labute approximate surface area is 478 Å². The normalized spacial score (nSPS) is 14.3. The molecule has 0 amide bonds. The molecule has 1 N–H and O–H groups in total. The first kappa shape index (κ1) is 73.9. The number of nitrogens with zero attached hydrogens (tertiary/aromatic N) is 1. The third-order valence-electron chi connectivity index (χ3n) is 12.4. The van der Waals surface area contributed by atoms with Crippen LogP contribution in [-0.2, 0) is 32.7 Å². The summed E-state index contributed by atoms with van der Waals surface area (Å²) in [7, 11) is 1.44. The molecule has 0 radical (unpaired) electrons. The molecule has 0 aliphatic heterocycles. The van der Waals surface area contributed by atoms with Gasteiger partial charge in [-0.05, 0) is 122 Å². The summed E-state index contributed by atoms with van der Waals surface area (Å²) in [5, 5.41) is 0. The fourth-order valence-corrected chi connectivity index (χ4v) is 8.40. The van der Waals surface area contributed by atoms with E-state index in [4.69, 9.17) is 18.5 Å². The molecule has 78 heavy (non-hydrogen) atoms. The van der Waals surface area contributed by atoms with Crippen molar-refractivity contribution in [3.63, 3.8) is 0 Å². The Hall–Kier alpha value is -4.11. The Balaban J connectivity index is 4.22. The van der Waals surface area contributed by atoms with Crippen LogP contribution in [0.4, 0.5) is 0 Å². The van der Waals surface area contributed by atoms with E-state index in [1.165, 1.54) is 51.4 Å². The summed E-state index contributed by atoms with van der Waals surface area (Å²) in [5.74, 6) is -0.835. The van der Waals surface area contributed by atoms with Gasteiger partial charge in [-0.25, -0.2) is 4.57 Å². The second kappa shape index (κ2) is 57.6. The second-order valence-corrected chi connectivity index (χ2v) is 22.5. The minimum absolute atomic E-state index is 0.0188. The number of likely N-dealkylation sites (N-methyl/N-ethyl adjacent to an activating group) is 1. The number of allylic oxidation sites excluding steroid dienone is 24. The van der Waals surface area contributed by atoms with Crippen LogP contribution in [0.1, 0.15) is 219 Å². The molecular weight excluding hydrogens is 990 g/mol. The largest absolute Gasteiger partial charge is 0.472 e. The smallest absolute Gasteiger partial charge is 0.462 e. The molecule has 0 aromatic heterocycles. The number of phosphoric ester groups is 1. The van der Waals surface area contributed by atoms with Crippen LogP contribution in [0.3, 0.4) is 0 Å². The van der Waals surface area contributed by atoms with Crippen LogP contribution in [0.5, 0.6) is 0 Å². The molecule has 2 atom stereocenters. The lowest BCUT2D eigenvalue weighted by Gasteiger charge is -2.24. The number of rotatable bonds is 54. The number of carbonyl (C=O) groups is 2. The molecule has 10 heteroatoms. The van der Waals surface area contributed by atoms with Gasteiger partial charge in [0, 0.05) is 12.8 Å². The number of unbranched alkanes of at least 4 members (excludes halogenated alkanes) is 16. The molecule has 0 aromatic carbocycles. The highest BCUT2D eigenvalue weighted by molar-refractivity contribution is 7.47. The number of hydrogen-bond donors (Lipinski definition) is 1. The lowest BCUT2D eigenvalue weighted by Crippen LogP contribution is -2.37. The Morgan fingerprint density at radius 1 is 0.410 bits per heavy atom. The minimum atomic E-state index is -4.40. The molecule has 0 rings (SSSR count). The molecule has 9 nitrogen and oxygen atoms in total. The molecule has 0 saturated heterocycles. The van der Waals surface area contributed by atoms with Crippen molar-refractivity contribution in [1.29, 1.82) is 0 Å². The van der Waals surface area contributed by atoms with E-state index in [1.54, 1.807) is 0 Å². The first-order valence-corrected chi connectivity index (χ1v) is 32.1. The maximum atomic E-state index is 12.8. The predicted octanol–water partition coefficient (Wildman–Crippen LogP) is 19.5. The van der Waals surface area contributed by atoms with Crippen molar-refractivity contribution < 1.29 is 42.1 Å². The van der Waals surface area contributed by atoms with E-state index in [0.717, 1.165) is 128 Å². The summed E-state index contributed by atoms with van der Waals surface area (Å²) in [6.07, 6.45) is 84.9. The molecule has 0 aliphatic carbocycles. The van der Waals surface area contributed by atoms with Gasteiger partial charge in [-0.2, -0.15) is 0 Å². The molecule has 2 unspecified atom stereocenters. The molecule has 0 heterocycles. The molecule has 0 bridgehead atoms. The van der Waals surface area contributed by atoms with Gasteiger partial charge in [0.05, 0.1) is 27.7 Å². The van der Waals surface area contributed by atoms with Crippen molar-refractivity contribution in [2.24, 2.45) is 0 Å². The molecule has 0 aromatic rings. The van der Waals surface area contributed by atoms with Crippen LogP contribution in [0.15, 0.2) is 146 Å². The first-order chi connectivity index (χ1) is 38.0. The van der Waals surface area contributed by atoms with E-state index < -0.39 is 26.5 Å². The summed E-state index contributed by atoms with van der Waals surface area (Å²) < 4.78 is 34.6. The first-order valence-electron chi connectivity index (χ1n) is 30.6. The summed E-state index contributed by atoms with van der Waals surface area (Å²) in [5.41, 5.74) is 0. The van der Waals surface area contributed by atoms with Crippen LogP contribution in [0.2, 0.25) is 0 Å². The molecular formula is C68H113NO8P+. The SMILES string of the molecule is CC/C=C\C/C=C\C/C=C\C/C=C\C/C=C\C/C=C\C/C=C\C/C=C\C/C=C\CCCCCCCCCC(=O)OC(COC(=O)CCCCCCCC/C=C\C/C=C\C/C=C\CCCCC)COP(=O)(O)OCC[N+](C)(C)C. The van der Waals surface area contributed by atoms with Crippen molar-refractivity contribution in [1.82, 2.24) is 0 Å². The van der Waals surface area contributed by atoms with Gasteiger partial charge in [-0.1, -0.05) is 230 Å². The average molecular weight is 1100 g/mol. The van der Waals surface area contributed by atoms with Gasteiger partial charge in [-0.15, -0.1) is 0 Å². The lowest BCUT2D eigenvalue weighted by molar-refractivity contribution is -0.870. The third-order valence-corrected chi connectivity index (χ3v) is 13.3. The van der Waals surface area contributed by atoms with Crippen LogP contribution in [-0.4, -0.2) is 74.9 Å². The maximum Gasteiger partial charge on any atom is 0.472 e. The topological polar surface area (TPSA) is 108 Å². The van der Waals surface area contributed by atoms with Crippen LogP contribution in [0.25, 0.3) is 0 Å². The predicted molar refractivity (Wildman–Crippen MR) is 334 cm³/mol. The fraction of sp³-hybridized carbons (Fsp3) is 0.618. The van der Waals surface area contributed by atoms with Gasteiger partial charge in [0.15, 0.2) is 6.10 Å². The molecule has 0 saturated carbocycles. The highest BCUT2D eigenvalue weighted by Crippen LogP contribution is 2.43. The van der Waals surface area contributed by atoms with Gasteiger partial charge in [0.1, 0.15) is 19.8 Å². The molecule has 442 valence electrons. The Morgan fingerprint density at radius 2 is 0.731 bits per heavy atom. The van der Waals surface area contributed by atoms with E-state index in [1.807, 2.05) is 21.1 Å². The van der Waals surface area contributed by atoms with Crippen molar-refractivity contribution in [2.75, 3.05) is 47.5 Å². The van der Waals surface area contributed by atoms with E-state index in [9.17, 15) is 19.0 Å². The van der Waals surface area contributed by atoms with Gasteiger partial charge in [0.2, 0.25) is 0 Å². The Morgan fingerprint density at radius 3 is 1.09 bits per heavy atom. The van der Waals surface area contributed by atoms with Crippen molar-refractivity contribution in [2.45, 2.75) is 225 Å². The summed E-state index contributed by atoms with van der Waals surface area (Å²) in [6, 6.07) is 0. The average Bonchev–Trinajstić information content (AvgIpc) is 3.41. The summed E-state index contributed by atoms with van der Waals surface area (Å²) in [4.78, 5) is 35.7. The van der Waals surface area contributed by atoms with Gasteiger partial charge >= 0.3 is 19.8 Å². The zero-order chi connectivity index (χ0) is 57.0. The Kier molecular flexibility index (Phi) is 54.5. The molecule has 0 spiro atoms. The van der Waals surface area contributed by atoms with E-state index in [0.29, 0.717) is 23.9 Å². The van der Waals surface area contributed by atoms with Crippen molar-refractivity contribution >= 4 is 19.8 Å². The van der Waals surface area contributed by atoms with Crippen LogP contribution >= 0.6 is 7.82 Å². The van der Waals surface area contributed by atoms with Crippen LogP contribution < -0.4 is 0 Å². The maximum absolute atomic E-state index is 12.8. The molecule has 0 fully saturated rings. The number of quaternary nitrogens is 1. The summed E-state index contributed by atoms with van der Waals surface area (Å²) in [6.45, 7) is 4.24. The van der Waals surface area contributed by atoms with Crippen LogP contribution in [0, 0.1) is 0 Å². The van der Waals surface area contributed by atoms with E-state index >= 15 is 0 Å². The van der Waals surface area contributed by atoms with E-state index in [2.05, 4.69) is 160 Å². The van der Waals surface area contributed by atoms with Gasteiger partial charge < -0.3 is 18.9 Å². The standard InChI is InChI=1S/C68H112NO8P/c1-6-8-10-12-14-16-18-20-22-24-26-27-28-29-30-31-32-33-34-35-36-37-38-39-40-41-43-45-47-49-51-53-55-57-59-61-68(71)77-66(65-76-78(72,73)75-63-62-69(3,4)5)64-74-67(70)60-58-56-54-52-50-48-46-44-42-25-23-21-19-17-15-13-11-9-7-2/h8,10,14-17,20-23,26-27,29-30,32-33,35-36,38-39,41-44,66H,6-7,9,11-13,18-19,24-25,28,31,34,37,40,45-65H2,1-5H3/p+1/b10-8-,16-14-,17-15-,22-20-,23-21-,27-26-,30-29-,33-32-,36-35-,39-38-,43-41-,44-42-. The number of phosphoric acid groups is 1. The second-order valence-electron chi connectivity index (χ2n) is 21.0. The zero-order valence-electron chi connectivity index (χ0n) is 50.1. The number of esters is 2. The van der Waals surface area contributed by atoms with Gasteiger partial charge in [0.25, 0.3) is 0 Å². The van der Waals surface area contributed by atoms with Gasteiger partial charge in [-0.3, -0.25) is 18.6 Å². The zero-order valence-corrected chi connectivity index (χ0v) is 51.0.